The van der Waals surface area contributed by atoms with E-state index in [-0.39, 0.29) is 57.3 Å². The molecule has 0 aromatic heterocycles. The first-order valence-corrected chi connectivity index (χ1v) is 27.0. The molecule has 0 N–H and O–H groups in total. The summed E-state index contributed by atoms with van der Waals surface area (Å²) in [6.45, 7) is 43.0. The van der Waals surface area contributed by atoms with E-state index < -0.39 is 21.0 Å². The van der Waals surface area contributed by atoms with Crippen LogP contribution in [0.15, 0.2) is 94.4 Å². The van der Waals surface area contributed by atoms with Gasteiger partial charge in [-0.1, -0.05) is 0 Å². The predicted octanol–water partition coefficient (Wildman–Crippen LogP) is 9.28. The molecule has 2 aliphatic carbocycles. The fourth-order valence-electron chi connectivity index (χ4n) is 9.03. The molecule has 0 fully saturated rings. The van der Waals surface area contributed by atoms with Crippen molar-refractivity contribution in [2.24, 2.45) is 0 Å². The maximum absolute atomic E-state index is 3.21. The van der Waals surface area contributed by atoms with E-state index in [2.05, 4.69) is 216 Å². The van der Waals surface area contributed by atoms with E-state index in [0.29, 0.717) is 3.67 Å². The fourth-order valence-corrected chi connectivity index (χ4v) is 22.1. The van der Waals surface area contributed by atoms with Gasteiger partial charge in [0.05, 0.1) is 0 Å². The van der Waals surface area contributed by atoms with Crippen molar-refractivity contribution in [3.63, 3.8) is 0 Å². The summed E-state index contributed by atoms with van der Waals surface area (Å²) in [4.78, 5) is 0. The van der Waals surface area contributed by atoms with E-state index in [0.717, 1.165) is 6.42 Å². The molecule has 0 nitrogen and oxygen atoms in total. The Bertz CT molecular complexity index is 2090. The fraction of sp³-hybridized carbons (Fsp3) is 0.473. The molecule has 0 spiro atoms. The van der Waals surface area contributed by atoms with Crippen molar-refractivity contribution in [1.82, 2.24) is 0 Å². The van der Waals surface area contributed by atoms with Gasteiger partial charge >= 0.3 is 353 Å². The summed E-state index contributed by atoms with van der Waals surface area (Å²) in [7, 11) is 0. The van der Waals surface area contributed by atoms with Crippen molar-refractivity contribution in [3.8, 4) is 11.1 Å². The minimum atomic E-state index is -3.21. The maximum atomic E-state index is 2.71. The molecule has 310 valence electrons. The van der Waals surface area contributed by atoms with Crippen LogP contribution in [0, 0.1) is 0 Å². The van der Waals surface area contributed by atoms with Crippen LogP contribution >= 0.6 is 0 Å². The summed E-state index contributed by atoms with van der Waals surface area (Å²) in [6.07, 6.45) is 8.37. The Morgan fingerprint density at radius 3 is 1.05 bits per heavy atom. The van der Waals surface area contributed by atoms with Crippen molar-refractivity contribution in [2.75, 3.05) is 0 Å². The number of halogens is 2. The Kier molecular flexibility index (Phi) is 13.8. The van der Waals surface area contributed by atoms with Crippen LogP contribution in [0.5, 0.6) is 0 Å². The smallest absolute Gasteiger partial charge is 1.00 e. The van der Waals surface area contributed by atoms with E-state index in [9.17, 15) is 0 Å². The molecule has 0 saturated heterocycles. The van der Waals surface area contributed by atoms with Crippen LogP contribution in [0.4, 0.5) is 0 Å². The van der Waals surface area contributed by atoms with Gasteiger partial charge in [0, 0.05) is 0 Å². The number of rotatable bonds is 4. The summed E-state index contributed by atoms with van der Waals surface area (Å²) in [5, 5.41) is 0. The molecule has 0 radical (unpaired) electrons. The molecule has 58 heavy (non-hydrogen) atoms. The van der Waals surface area contributed by atoms with Gasteiger partial charge in [-0.2, -0.15) is 0 Å². The Morgan fingerprint density at radius 2 is 0.776 bits per heavy atom. The first kappa shape index (κ1) is 48.3. The zero-order valence-corrected chi connectivity index (χ0v) is 44.3. The van der Waals surface area contributed by atoms with E-state index in [1.165, 1.54) is 55.6 Å². The Hall–Kier alpha value is -2.32. The maximum Gasteiger partial charge on any atom is -1.00 e. The van der Waals surface area contributed by atoms with Crippen LogP contribution < -0.4 is 24.8 Å². The van der Waals surface area contributed by atoms with Crippen molar-refractivity contribution in [1.29, 1.82) is 0 Å². The molecule has 0 unspecified atom stereocenters. The van der Waals surface area contributed by atoms with Crippen LogP contribution in [-0.2, 0) is 53.4 Å². The zero-order chi connectivity index (χ0) is 41.6. The second-order valence-electron chi connectivity index (χ2n) is 23.2. The molecule has 4 aromatic rings. The molecule has 0 amide bonds. The van der Waals surface area contributed by atoms with E-state index in [4.69, 9.17) is 0 Å². The number of hydrogen-bond donors (Lipinski definition) is 0. The SMILES string of the molecule is CC(C)(C)c1ccc([C](c2ccc(C(C)(C)C)cc2)=[Hf+2]([C]2=CC=CC2)[CH]2c3cc(C(C)(C)C)c(C(C)(C)C)cc3-c3cc(C(C)(C)C)c(C(C)(C)C)cc32)cc1.[Cl-].[Cl-]. The van der Waals surface area contributed by atoms with Gasteiger partial charge in [-0.25, -0.2) is 0 Å². The second-order valence-corrected chi connectivity index (χ2v) is 32.3. The van der Waals surface area contributed by atoms with Gasteiger partial charge in [-0.3, -0.25) is 0 Å². The van der Waals surface area contributed by atoms with Crippen molar-refractivity contribution in [3.05, 3.63) is 150 Å². The average Bonchev–Trinajstić information content (AvgIpc) is 3.70. The van der Waals surface area contributed by atoms with Crippen LogP contribution in [0.1, 0.15) is 190 Å². The van der Waals surface area contributed by atoms with E-state index in [1.807, 2.05) is 0 Å². The molecule has 4 aromatic carbocycles. The summed E-state index contributed by atoms with van der Waals surface area (Å²) < 4.78 is 3.72. The zero-order valence-electron chi connectivity index (χ0n) is 39.2. The van der Waals surface area contributed by atoms with Gasteiger partial charge in [0.2, 0.25) is 0 Å². The van der Waals surface area contributed by atoms with Crippen LogP contribution in [0.2, 0.25) is 0 Å². The van der Waals surface area contributed by atoms with Gasteiger partial charge in [-0.05, 0) is 0 Å². The van der Waals surface area contributed by atoms with Crippen molar-refractivity contribution >= 4 is 3.26 Å². The average molecular weight is 983 g/mol. The number of allylic oxidation sites excluding steroid dienone is 4. The predicted molar refractivity (Wildman–Crippen MR) is 244 cm³/mol. The largest absolute Gasteiger partial charge is 1.00 e. The van der Waals surface area contributed by atoms with E-state index in [1.54, 1.807) is 17.7 Å². The molecular weight excluding hydrogens is 910 g/mol. The molecule has 0 bridgehead atoms. The van der Waals surface area contributed by atoms with Gasteiger partial charge in [0.15, 0.2) is 0 Å². The first-order chi connectivity index (χ1) is 25.6. The summed E-state index contributed by atoms with van der Waals surface area (Å²) in [6, 6.07) is 30.3. The summed E-state index contributed by atoms with van der Waals surface area (Å²) >= 11 is -3.21. The minimum Gasteiger partial charge on any atom is -1.00 e. The minimum absolute atomic E-state index is 0. The summed E-state index contributed by atoms with van der Waals surface area (Å²) in [5.41, 5.74) is 18.0. The standard InChI is InChI=1S/C29H41.C21H26.C5H5.2ClH.Hf/c1-26(2,3)22-14-18-13-19-15-23(27(4,5)6)25(29(10,11)12)17-21(19)20(18)16-24(22)28(7,8)9;1-20(2,3)18-11-7-16(8-12-18)15-17-9-13-19(14-10-17)21(4,5)6;1-2-4-5-3-1;;;/h13-17H,1-12H3;7-14H,1-6H3;1-3H,4H2;2*1H;/q;;;;;+2/p-2. The third-order valence-corrected chi connectivity index (χ3v) is 24.4. The molecule has 0 atom stereocenters. The Morgan fingerprint density at radius 1 is 0.448 bits per heavy atom. The number of fused-ring (bicyclic) bond motifs is 3. The molecule has 0 saturated carbocycles. The molecule has 0 aliphatic heterocycles. The number of hydrogen-bond acceptors (Lipinski definition) is 0. The Balaban J connectivity index is 0.00000372. The quantitative estimate of drug-likeness (QED) is 0.179. The molecule has 2 aliphatic rings. The van der Waals surface area contributed by atoms with Crippen LogP contribution in [0.25, 0.3) is 11.1 Å². The van der Waals surface area contributed by atoms with Gasteiger partial charge in [0.1, 0.15) is 0 Å². The second kappa shape index (κ2) is 16.5. The van der Waals surface area contributed by atoms with Crippen molar-refractivity contribution in [2.45, 2.75) is 167 Å². The van der Waals surface area contributed by atoms with Crippen LogP contribution in [0.3, 0.4) is 0 Å². The Labute approximate surface area is 374 Å². The third-order valence-electron chi connectivity index (χ3n) is 12.3. The third kappa shape index (κ3) is 9.58. The molecular formula is C55H72Cl2Hf. The summed E-state index contributed by atoms with van der Waals surface area (Å²) in [5.74, 6) is 0. The first-order valence-electron chi connectivity index (χ1n) is 21.3. The molecule has 3 heteroatoms. The van der Waals surface area contributed by atoms with E-state index >= 15 is 0 Å². The van der Waals surface area contributed by atoms with Gasteiger partial charge < -0.3 is 24.8 Å². The van der Waals surface area contributed by atoms with Gasteiger partial charge in [0.25, 0.3) is 0 Å². The van der Waals surface area contributed by atoms with Crippen molar-refractivity contribution < 1.29 is 45.8 Å². The molecule has 6 rings (SSSR count). The molecule has 0 heterocycles. The monoisotopic (exact) mass is 982 g/mol. The topological polar surface area (TPSA) is 0 Å². The normalized spacial score (nSPS) is 14.5. The number of benzene rings is 4. The van der Waals surface area contributed by atoms with Gasteiger partial charge in [-0.15, -0.1) is 0 Å². The van der Waals surface area contributed by atoms with Crippen LogP contribution in [-0.4, -0.2) is 3.26 Å².